The van der Waals surface area contributed by atoms with Gasteiger partial charge in [-0.15, -0.1) is 21.5 Å². The molecule has 0 fully saturated rings. The van der Waals surface area contributed by atoms with Crippen LogP contribution in [0.15, 0.2) is 76.7 Å². The van der Waals surface area contributed by atoms with Crippen molar-refractivity contribution in [3.8, 4) is 22.5 Å². The molecule has 142 valence electrons. The summed E-state index contributed by atoms with van der Waals surface area (Å²) < 4.78 is 2.10. The van der Waals surface area contributed by atoms with Gasteiger partial charge in [-0.05, 0) is 36.4 Å². The second kappa shape index (κ2) is 7.73. The molecule has 0 unspecified atom stereocenters. The minimum Gasteiger partial charge on any atom is -0.302 e. The van der Waals surface area contributed by atoms with Crippen molar-refractivity contribution in [2.75, 3.05) is 0 Å². The molecule has 5 aromatic rings. The zero-order valence-electron chi connectivity index (χ0n) is 15.6. The van der Waals surface area contributed by atoms with Crippen molar-refractivity contribution in [1.29, 1.82) is 0 Å². The molecule has 0 amide bonds. The van der Waals surface area contributed by atoms with Crippen LogP contribution in [-0.2, 0) is 6.54 Å². The van der Waals surface area contributed by atoms with Crippen molar-refractivity contribution >= 4 is 33.3 Å². The van der Waals surface area contributed by atoms with Gasteiger partial charge in [-0.2, -0.15) is 0 Å². The maximum Gasteiger partial charge on any atom is 0.197 e. The molecular weight excluding hydrogens is 400 g/mol. The maximum absolute atomic E-state index is 4.59. The number of pyridine rings is 1. The van der Waals surface area contributed by atoms with E-state index in [0.717, 1.165) is 49.5 Å². The number of thiophene rings is 1. The molecule has 0 aliphatic heterocycles. The van der Waals surface area contributed by atoms with E-state index in [1.807, 2.05) is 30.3 Å². The summed E-state index contributed by atoms with van der Waals surface area (Å²) in [4.78, 5) is 14.1. The maximum atomic E-state index is 4.59. The summed E-state index contributed by atoms with van der Waals surface area (Å²) in [5.74, 6) is 0.830. The van der Waals surface area contributed by atoms with Crippen LogP contribution in [0.5, 0.6) is 0 Å². The molecule has 6 nitrogen and oxygen atoms in total. The molecule has 0 saturated heterocycles. The van der Waals surface area contributed by atoms with Crippen LogP contribution < -0.4 is 0 Å². The average Bonchev–Trinajstić information content (AvgIpc) is 3.39. The van der Waals surface area contributed by atoms with E-state index < -0.39 is 0 Å². The summed E-state index contributed by atoms with van der Waals surface area (Å²) in [6.45, 7) is 2.85. The summed E-state index contributed by atoms with van der Waals surface area (Å²) in [7, 11) is 0. The fourth-order valence-corrected chi connectivity index (χ4v) is 5.17. The van der Waals surface area contributed by atoms with Crippen LogP contribution >= 0.6 is 23.1 Å². The fourth-order valence-electron chi connectivity index (χ4n) is 3.21. The summed E-state index contributed by atoms with van der Waals surface area (Å²) in [5, 5.41) is 13.8. The molecular formula is C21H16N6S2. The number of fused-ring (bicyclic) bond motifs is 1. The highest BCUT2D eigenvalue weighted by atomic mass is 32.2. The third-order valence-electron chi connectivity index (χ3n) is 4.58. The monoisotopic (exact) mass is 416 g/mol. The van der Waals surface area contributed by atoms with Crippen molar-refractivity contribution in [3.63, 3.8) is 0 Å². The first-order chi connectivity index (χ1) is 14.3. The van der Waals surface area contributed by atoms with Crippen LogP contribution in [0.1, 0.15) is 6.92 Å². The topological polar surface area (TPSA) is 69.4 Å². The summed E-state index contributed by atoms with van der Waals surface area (Å²) in [6, 6.07) is 14.2. The second-order valence-electron chi connectivity index (χ2n) is 6.26. The molecule has 0 spiro atoms. The summed E-state index contributed by atoms with van der Waals surface area (Å²) in [5.41, 5.74) is 3.30. The van der Waals surface area contributed by atoms with E-state index >= 15 is 0 Å². The van der Waals surface area contributed by atoms with Crippen LogP contribution in [0.4, 0.5) is 0 Å². The number of hydrogen-bond donors (Lipinski definition) is 0. The van der Waals surface area contributed by atoms with Gasteiger partial charge in [0.2, 0.25) is 0 Å². The number of hydrogen-bond acceptors (Lipinski definition) is 7. The number of benzene rings is 1. The largest absolute Gasteiger partial charge is 0.302 e. The molecule has 0 aliphatic rings. The first-order valence-corrected chi connectivity index (χ1v) is 10.8. The highest BCUT2D eigenvalue weighted by molar-refractivity contribution is 7.99. The van der Waals surface area contributed by atoms with Gasteiger partial charge < -0.3 is 4.57 Å². The Morgan fingerprint density at radius 3 is 2.59 bits per heavy atom. The average molecular weight is 417 g/mol. The van der Waals surface area contributed by atoms with E-state index in [1.54, 1.807) is 30.1 Å². The molecule has 0 aliphatic carbocycles. The van der Waals surface area contributed by atoms with Gasteiger partial charge in [-0.25, -0.2) is 9.97 Å². The Morgan fingerprint density at radius 2 is 1.79 bits per heavy atom. The van der Waals surface area contributed by atoms with Crippen molar-refractivity contribution in [2.24, 2.45) is 0 Å². The Bertz CT molecular complexity index is 1260. The minimum absolute atomic E-state index is 0.760. The number of aromatic nitrogens is 6. The highest BCUT2D eigenvalue weighted by Crippen LogP contribution is 2.40. The lowest BCUT2D eigenvalue weighted by Gasteiger charge is -2.08. The molecule has 0 saturated carbocycles. The predicted octanol–water partition coefficient (Wildman–Crippen LogP) is 5.18. The first kappa shape index (κ1) is 18.0. The van der Waals surface area contributed by atoms with Crippen molar-refractivity contribution in [1.82, 2.24) is 29.7 Å². The van der Waals surface area contributed by atoms with Crippen LogP contribution in [0.2, 0.25) is 0 Å². The van der Waals surface area contributed by atoms with Crippen molar-refractivity contribution in [2.45, 2.75) is 23.7 Å². The van der Waals surface area contributed by atoms with Gasteiger partial charge >= 0.3 is 0 Å². The molecule has 0 radical (unpaired) electrons. The number of nitrogens with zero attached hydrogens (tertiary/aromatic N) is 6. The lowest BCUT2D eigenvalue weighted by molar-refractivity contribution is 0.687. The van der Waals surface area contributed by atoms with E-state index in [4.69, 9.17) is 0 Å². The molecule has 8 heteroatoms. The second-order valence-corrected chi connectivity index (χ2v) is 8.08. The molecule has 0 atom stereocenters. The zero-order chi connectivity index (χ0) is 19.6. The molecule has 0 bridgehead atoms. The Labute approximate surface area is 175 Å². The van der Waals surface area contributed by atoms with Gasteiger partial charge in [-0.1, -0.05) is 30.3 Å². The lowest BCUT2D eigenvalue weighted by Crippen LogP contribution is -2.00. The Morgan fingerprint density at radius 1 is 0.966 bits per heavy atom. The molecule has 4 heterocycles. The van der Waals surface area contributed by atoms with Gasteiger partial charge in [0.1, 0.15) is 16.2 Å². The van der Waals surface area contributed by atoms with E-state index in [9.17, 15) is 0 Å². The van der Waals surface area contributed by atoms with Crippen LogP contribution in [-0.4, -0.2) is 29.7 Å². The van der Waals surface area contributed by atoms with E-state index in [1.165, 1.54) is 11.8 Å². The van der Waals surface area contributed by atoms with Gasteiger partial charge in [0, 0.05) is 35.4 Å². The quantitative estimate of drug-likeness (QED) is 0.368. The Balaban J connectivity index is 1.60. The first-order valence-electron chi connectivity index (χ1n) is 9.14. The standard InChI is InChI=1S/C21H16N6S2/c1-2-27-18(15-8-10-22-11-9-15)25-26-21(27)29-20-17-16(14-6-4-3-5-7-14)12-28-19(17)23-13-24-20/h3-13H,2H2,1H3. The lowest BCUT2D eigenvalue weighted by atomic mass is 10.1. The summed E-state index contributed by atoms with van der Waals surface area (Å²) in [6.07, 6.45) is 5.15. The zero-order valence-corrected chi connectivity index (χ0v) is 17.2. The van der Waals surface area contributed by atoms with Gasteiger partial charge in [0.25, 0.3) is 0 Å². The predicted molar refractivity (Wildman–Crippen MR) is 116 cm³/mol. The summed E-state index contributed by atoms with van der Waals surface area (Å²) >= 11 is 3.16. The Kier molecular flexibility index (Phi) is 4.79. The smallest absolute Gasteiger partial charge is 0.197 e. The minimum atomic E-state index is 0.760. The fraction of sp³-hybridized carbons (Fsp3) is 0.0952. The van der Waals surface area contributed by atoms with Crippen molar-refractivity contribution < 1.29 is 0 Å². The van der Waals surface area contributed by atoms with Crippen LogP contribution in [0, 0.1) is 0 Å². The molecule has 4 aromatic heterocycles. The Hall–Kier alpha value is -3.10. The molecule has 5 rings (SSSR count). The third-order valence-corrected chi connectivity index (χ3v) is 6.45. The van der Waals surface area contributed by atoms with Gasteiger partial charge in [-0.3, -0.25) is 4.98 Å². The van der Waals surface area contributed by atoms with E-state index in [-0.39, 0.29) is 0 Å². The molecule has 1 aromatic carbocycles. The van der Waals surface area contributed by atoms with Crippen molar-refractivity contribution in [3.05, 3.63) is 66.6 Å². The van der Waals surface area contributed by atoms with E-state index in [0.29, 0.717) is 0 Å². The van der Waals surface area contributed by atoms with Gasteiger partial charge in [0.15, 0.2) is 11.0 Å². The molecule has 29 heavy (non-hydrogen) atoms. The normalized spacial score (nSPS) is 11.2. The molecule has 0 N–H and O–H groups in total. The van der Waals surface area contributed by atoms with Crippen LogP contribution in [0.25, 0.3) is 32.7 Å². The SMILES string of the molecule is CCn1c(Sc2ncnc3scc(-c4ccccc4)c23)nnc1-c1ccncc1. The van der Waals surface area contributed by atoms with Gasteiger partial charge in [0.05, 0.1) is 5.39 Å². The van der Waals surface area contributed by atoms with E-state index in [2.05, 4.69) is 54.2 Å². The highest BCUT2D eigenvalue weighted by Gasteiger charge is 2.18. The van der Waals surface area contributed by atoms with Crippen LogP contribution in [0.3, 0.4) is 0 Å². The third kappa shape index (κ3) is 3.30. The number of rotatable bonds is 5.